The molecule has 5 heteroatoms. The summed E-state index contributed by atoms with van der Waals surface area (Å²) in [5, 5.41) is 2.66. The van der Waals surface area contributed by atoms with Gasteiger partial charge in [0.2, 0.25) is 5.91 Å². The van der Waals surface area contributed by atoms with Gasteiger partial charge in [-0.1, -0.05) is 5.57 Å². The van der Waals surface area contributed by atoms with Crippen molar-refractivity contribution in [1.82, 2.24) is 4.98 Å². The zero-order valence-corrected chi connectivity index (χ0v) is 9.57. The number of hydrogen-bond acceptors (Lipinski definition) is 4. The van der Waals surface area contributed by atoms with Gasteiger partial charge in [0.15, 0.2) is 11.6 Å². The summed E-state index contributed by atoms with van der Waals surface area (Å²) in [6.45, 7) is 3.70. The van der Waals surface area contributed by atoms with Gasteiger partial charge in [-0.15, -0.1) is 0 Å². The third-order valence-electron chi connectivity index (χ3n) is 1.79. The quantitative estimate of drug-likeness (QED) is 0.759. The summed E-state index contributed by atoms with van der Waals surface area (Å²) in [5.41, 5.74) is 7.02. The van der Waals surface area contributed by atoms with Gasteiger partial charge in [0.05, 0.1) is 19.0 Å². The van der Waals surface area contributed by atoms with Crippen LogP contribution >= 0.6 is 0 Å². The smallest absolute Gasteiger partial charge is 0.248 e. The number of methoxy groups -OCH3 is 1. The lowest BCUT2D eigenvalue weighted by Gasteiger charge is -2.06. The van der Waals surface area contributed by atoms with Crippen molar-refractivity contribution in [3.63, 3.8) is 0 Å². The Morgan fingerprint density at radius 2 is 2.25 bits per heavy atom. The number of rotatable bonds is 3. The van der Waals surface area contributed by atoms with Crippen LogP contribution in [0.3, 0.4) is 0 Å². The highest BCUT2D eigenvalue weighted by atomic mass is 16.5. The Bertz CT molecular complexity index is 423. The highest BCUT2D eigenvalue weighted by Crippen LogP contribution is 2.22. The maximum absolute atomic E-state index is 11.4. The van der Waals surface area contributed by atoms with Crippen molar-refractivity contribution in [2.75, 3.05) is 18.2 Å². The second-order valence-electron chi connectivity index (χ2n) is 3.52. The SMILES string of the molecule is COc1cc(NC(=O)C=C(C)C)cnc1N. The van der Waals surface area contributed by atoms with Crippen molar-refractivity contribution in [2.24, 2.45) is 0 Å². The third-order valence-corrected chi connectivity index (χ3v) is 1.79. The van der Waals surface area contributed by atoms with E-state index in [2.05, 4.69) is 10.3 Å². The molecule has 0 saturated heterocycles. The first-order chi connectivity index (χ1) is 7.52. The van der Waals surface area contributed by atoms with Crippen molar-refractivity contribution in [2.45, 2.75) is 13.8 Å². The summed E-state index contributed by atoms with van der Waals surface area (Å²) in [6.07, 6.45) is 2.98. The van der Waals surface area contributed by atoms with Crippen molar-refractivity contribution < 1.29 is 9.53 Å². The molecule has 0 aliphatic carbocycles. The average molecular weight is 221 g/mol. The molecule has 1 aromatic rings. The van der Waals surface area contributed by atoms with Crippen molar-refractivity contribution >= 4 is 17.4 Å². The molecule has 0 saturated carbocycles. The second-order valence-corrected chi connectivity index (χ2v) is 3.52. The first-order valence-corrected chi connectivity index (χ1v) is 4.78. The third kappa shape index (κ3) is 3.27. The predicted octanol–water partition coefficient (Wildman–Crippen LogP) is 1.58. The molecule has 1 amide bonds. The molecule has 86 valence electrons. The van der Waals surface area contributed by atoms with E-state index in [0.717, 1.165) is 5.57 Å². The first-order valence-electron chi connectivity index (χ1n) is 4.78. The van der Waals surface area contributed by atoms with Crippen LogP contribution in [-0.2, 0) is 4.79 Å². The Morgan fingerprint density at radius 3 is 2.81 bits per heavy atom. The number of carbonyl (C=O) groups is 1. The van der Waals surface area contributed by atoms with Gasteiger partial charge < -0.3 is 15.8 Å². The number of anilines is 2. The van der Waals surface area contributed by atoms with E-state index in [-0.39, 0.29) is 5.91 Å². The van der Waals surface area contributed by atoms with Crippen LogP contribution in [0.5, 0.6) is 5.75 Å². The second kappa shape index (κ2) is 5.16. The summed E-state index contributed by atoms with van der Waals surface area (Å²) in [5.74, 6) is 0.534. The lowest BCUT2D eigenvalue weighted by molar-refractivity contribution is -0.111. The first kappa shape index (κ1) is 12.0. The van der Waals surface area contributed by atoms with Gasteiger partial charge in [-0.3, -0.25) is 4.79 Å². The molecule has 0 aliphatic heterocycles. The highest BCUT2D eigenvalue weighted by molar-refractivity contribution is 5.99. The van der Waals surface area contributed by atoms with E-state index in [1.165, 1.54) is 19.4 Å². The molecule has 1 rings (SSSR count). The number of nitrogens with two attached hydrogens (primary N) is 1. The molecule has 0 atom stereocenters. The minimum atomic E-state index is -0.200. The predicted molar refractivity (Wildman–Crippen MR) is 63.3 cm³/mol. The number of pyridine rings is 1. The van der Waals surface area contributed by atoms with Gasteiger partial charge in [0, 0.05) is 12.1 Å². The molecule has 0 fully saturated rings. The molecule has 0 unspecified atom stereocenters. The fraction of sp³-hybridized carbons (Fsp3) is 0.273. The van der Waals surface area contributed by atoms with E-state index < -0.39 is 0 Å². The summed E-state index contributed by atoms with van der Waals surface area (Å²) < 4.78 is 4.99. The summed E-state index contributed by atoms with van der Waals surface area (Å²) >= 11 is 0. The van der Waals surface area contributed by atoms with Gasteiger partial charge in [-0.05, 0) is 13.8 Å². The Kier molecular flexibility index (Phi) is 3.88. The van der Waals surface area contributed by atoms with Crippen LogP contribution in [0.15, 0.2) is 23.9 Å². The Morgan fingerprint density at radius 1 is 1.56 bits per heavy atom. The Hall–Kier alpha value is -2.04. The van der Waals surface area contributed by atoms with Gasteiger partial charge in [-0.2, -0.15) is 0 Å². The van der Waals surface area contributed by atoms with Crippen LogP contribution in [0, 0.1) is 0 Å². The Labute approximate surface area is 94.3 Å². The number of nitrogens with one attached hydrogen (secondary N) is 1. The molecular formula is C11H15N3O2. The summed E-state index contributed by atoms with van der Waals surface area (Å²) in [6, 6.07) is 1.62. The maximum atomic E-state index is 11.4. The molecule has 0 bridgehead atoms. The fourth-order valence-electron chi connectivity index (χ4n) is 1.13. The lowest BCUT2D eigenvalue weighted by atomic mass is 10.3. The molecule has 1 aromatic heterocycles. The fourth-order valence-corrected chi connectivity index (χ4v) is 1.13. The minimum Gasteiger partial charge on any atom is -0.493 e. The number of allylic oxidation sites excluding steroid dienone is 1. The van der Waals surface area contributed by atoms with E-state index in [9.17, 15) is 4.79 Å². The van der Waals surface area contributed by atoms with E-state index in [4.69, 9.17) is 10.5 Å². The van der Waals surface area contributed by atoms with Crippen molar-refractivity contribution in [3.8, 4) is 5.75 Å². The average Bonchev–Trinajstić information content (AvgIpc) is 2.19. The van der Waals surface area contributed by atoms with Gasteiger partial charge in [0.1, 0.15) is 0 Å². The number of aromatic nitrogens is 1. The standard InChI is InChI=1S/C11H15N3O2/c1-7(2)4-10(15)14-8-5-9(16-3)11(12)13-6-8/h4-6H,1-3H3,(H2,12,13)(H,14,15). The van der Waals surface area contributed by atoms with Crippen molar-refractivity contribution in [1.29, 1.82) is 0 Å². The maximum Gasteiger partial charge on any atom is 0.248 e. The zero-order chi connectivity index (χ0) is 12.1. The molecular weight excluding hydrogens is 206 g/mol. The Balaban J connectivity index is 2.82. The highest BCUT2D eigenvalue weighted by Gasteiger charge is 2.04. The van der Waals surface area contributed by atoms with Crippen LogP contribution in [0.25, 0.3) is 0 Å². The van der Waals surface area contributed by atoms with Crippen LogP contribution < -0.4 is 15.8 Å². The molecule has 3 N–H and O–H groups in total. The molecule has 0 spiro atoms. The lowest BCUT2D eigenvalue weighted by Crippen LogP contribution is -2.09. The molecule has 0 radical (unpaired) electrons. The number of hydrogen-bond donors (Lipinski definition) is 2. The van der Waals surface area contributed by atoms with Gasteiger partial charge in [0.25, 0.3) is 0 Å². The largest absolute Gasteiger partial charge is 0.493 e. The molecule has 16 heavy (non-hydrogen) atoms. The molecule has 1 heterocycles. The van der Waals surface area contributed by atoms with E-state index >= 15 is 0 Å². The van der Waals surface area contributed by atoms with Crippen LogP contribution in [0.1, 0.15) is 13.8 Å². The number of nitrogens with zero attached hydrogens (tertiary/aromatic N) is 1. The number of carbonyl (C=O) groups excluding carboxylic acids is 1. The van der Waals surface area contributed by atoms with Gasteiger partial charge >= 0.3 is 0 Å². The molecule has 0 aromatic carbocycles. The minimum absolute atomic E-state index is 0.200. The topological polar surface area (TPSA) is 77.2 Å². The molecule has 0 aliphatic rings. The number of ether oxygens (including phenoxy) is 1. The van der Waals surface area contributed by atoms with Crippen LogP contribution in [-0.4, -0.2) is 18.0 Å². The normalized spacial score (nSPS) is 9.44. The van der Waals surface area contributed by atoms with E-state index in [1.54, 1.807) is 6.07 Å². The van der Waals surface area contributed by atoms with Crippen LogP contribution in [0.2, 0.25) is 0 Å². The van der Waals surface area contributed by atoms with Crippen molar-refractivity contribution in [3.05, 3.63) is 23.9 Å². The number of amides is 1. The molecule has 5 nitrogen and oxygen atoms in total. The van der Waals surface area contributed by atoms with E-state index in [1.807, 2.05) is 13.8 Å². The monoisotopic (exact) mass is 221 g/mol. The van der Waals surface area contributed by atoms with Gasteiger partial charge in [-0.25, -0.2) is 4.98 Å². The summed E-state index contributed by atoms with van der Waals surface area (Å²) in [7, 11) is 1.50. The van der Waals surface area contributed by atoms with E-state index in [0.29, 0.717) is 17.3 Å². The van der Waals surface area contributed by atoms with Crippen LogP contribution in [0.4, 0.5) is 11.5 Å². The number of nitrogen functional groups attached to an aromatic ring is 1. The zero-order valence-electron chi connectivity index (χ0n) is 9.57. The summed E-state index contributed by atoms with van der Waals surface area (Å²) in [4.78, 5) is 15.3.